The van der Waals surface area contributed by atoms with Crippen molar-refractivity contribution in [2.24, 2.45) is 0 Å². The first-order chi connectivity index (χ1) is 7.68. The normalized spacial score (nSPS) is 10.1. The first-order valence-corrected chi connectivity index (χ1v) is 5.66. The number of pyridine rings is 1. The van der Waals surface area contributed by atoms with Gasteiger partial charge in [-0.2, -0.15) is 0 Å². The van der Waals surface area contributed by atoms with Gasteiger partial charge in [0.15, 0.2) is 5.13 Å². The van der Waals surface area contributed by atoms with Crippen LogP contribution in [0.1, 0.15) is 16.1 Å². The molecule has 2 aromatic heterocycles. The predicted molar refractivity (Wildman–Crippen MR) is 63.8 cm³/mol. The van der Waals surface area contributed by atoms with E-state index in [-0.39, 0.29) is 5.91 Å². The third-order valence-corrected chi connectivity index (χ3v) is 3.14. The van der Waals surface area contributed by atoms with Gasteiger partial charge in [0.2, 0.25) is 0 Å². The van der Waals surface area contributed by atoms with E-state index < -0.39 is 0 Å². The number of hydrogen-bond donors (Lipinski definition) is 0. The van der Waals surface area contributed by atoms with Crippen LogP contribution in [0.5, 0.6) is 0 Å². The quantitative estimate of drug-likeness (QED) is 0.798. The van der Waals surface area contributed by atoms with Gasteiger partial charge in [0.05, 0.1) is 11.3 Å². The van der Waals surface area contributed by atoms with Gasteiger partial charge in [0, 0.05) is 24.8 Å². The molecule has 0 fully saturated rings. The van der Waals surface area contributed by atoms with Crippen molar-refractivity contribution in [1.29, 1.82) is 0 Å². The first-order valence-electron chi connectivity index (χ1n) is 4.78. The summed E-state index contributed by atoms with van der Waals surface area (Å²) < 4.78 is 0. The third kappa shape index (κ3) is 2.09. The molecule has 0 saturated carbocycles. The molecule has 0 unspecified atom stereocenters. The van der Waals surface area contributed by atoms with E-state index in [0.29, 0.717) is 10.7 Å². The fraction of sp³-hybridized carbons (Fsp3) is 0.182. The summed E-state index contributed by atoms with van der Waals surface area (Å²) in [5.41, 5.74) is 1.49. The Morgan fingerprint density at radius 2 is 2.31 bits per heavy atom. The van der Waals surface area contributed by atoms with Crippen molar-refractivity contribution in [1.82, 2.24) is 9.97 Å². The molecule has 0 atom stereocenters. The van der Waals surface area contributed by atoms with Crippen LogP contribution in [0, 0.1) is 6.92 Å². The molecule has 0 radical (unpaired) electrons. The number of nitrogens with zero attached hydrogens (tertiary/aromatic N) is 3. The van der Waals surface area contributed by atoms with E-state index in [9.17, 15) is 4.79 Å². The number of carbonyl (C=O) groups excluding carboxylic acids is 1. The van der Waals surface area contributed by atoms with Gasteiger partial charge in [0.1, 0.15) is 0 Å². The van der Waals surface area contributed by atoms with Gasteiger partial charge in [-0.3, -0.25) is 14.7 Å². The van der Waals surface area contributed by atoms with Crippen LogP contribution in [0.4, 0.5) is 5.13 Å². The van der Waals surface area contributed by atoms with Crippen LogP contribution < -0.4 is 4.90 Å². The van der Waals surface area contributed by atoms with Gasteiger partial charge < -0.3 is 0 Å². The van der Waals surface area contributed by atoms with Gasteiger partial charge in [-0.25, -0.2) is 4.98 Å². The van der Waals surface area contributed by atoms with Crippen LogP contribution in [-0.4, -0.2) is 22.9 Å². The first kappa shape index (κ1) is 10.8. The minimum absolute atomic E-state index is 0.0950. The van der Waals surface area contributed by atoms with Crippen LogP contribution in [0.15, 0.2) is 29.9 Å². The molecule has 0 bridgehead atoms. The summed E-state index contributed by atoms with van der Waals surface area (Å²) >= 11 is 1.45. The minimum atomic E-state index is -0.0950. The summed E-state index contributed by atoms with van der Waals surface area (Å²) in [4.78, 5) is 21.7. The number of aryl methyl sites for hydroxylation is 1. The van der Waals surface area contributed by atoms with Crippen molar-refractivity contribution in [2.45, 2.75) is 6.92 Å². The molecular weight excluding hydrogens is 222 g/mol. The summed E-state index contributed by atoms with van der Waals surface area (Å²) in [5, 5.41) is 2.62. The highest BCUT2D eigenvalue weighted by atomic mass is 32.1. The highest BCUT2D eigenvalue weighted by Gasteiger charge is 2.15. The van der Waals surface area contributed by atoms with Crippen molar-refractivity contribution in [2.75, 3.05) is 11.9 Å². The maximum absolute atomic E-state index is 12.0. The SMILES string of the molecule is Cc1csc(N(C)C(=O)c2cccnc2)n1. The number of thiazole rings is 1. The fourth-order valence-electron chi connectivity index (χ4n) is 1.27. The molecule has 2 aromatic rings. The Kier molecular flexibility index (Phi) is 2.96. The number of anilines is 1. The maximum atomic E-state index is 12.0. The van der Waals surface area contributed by atoms with E-state index in [4.69, 9.17) is 0 Å². The summed E-state index contributed by atoms with van der Waals surface area (Å²) in [6, 6.07) is 3.49. The highest BCUT2D eigenvalue weighted by molar-refractivity contribution is 7.14. The van der Waals surface area contributed by atoms with Crippen LogP contribution >= 0.6 is 11.3 Å². The van der Waals surface area contributed by atoms with Crippen molar-refractivity contribution < 1.29 is 4.79 Å². The average Bonchev–Trinajstić information content (AvgIpc) is 2.75. The van der Waals surface area contributed by atoms with E-state index in [0.717, 1.165) is 5.69 Å². The van der Waals surface area contributed by atoms with Crippen LogP contribution in [0.2, 0.25) is 0 Å². The maximum Gasteiger partial charge on any atom is 0.261 e. The number of hydrogen-bond acceptors (Lipinski definition) is 4. The van der Waals surface area contributed by atoms with Gasteiger partial charge in [0.25, 0.3) is 5.91 Å². The number of rotatable bonds is 2. The Labute approximate surface area is 97.6 Å². The van der Waals surface area contributed by atoms with Gasteiger partial charge in [-0.1, -0.05) is 0 Å². The molecule has 2 rings (SSSR count). The average molecular weight is 233 g/mol. The van der Waals surface area contributed by atoms with Gasteiger partial charge in [-0.15, -0.1) is 11.3 Å². The van der Waals surface area contributed by atoms with Gasteiger partial charge >= 0.3 is 0 Å². The fourth-order valence-corrected chi connectivity index (χ4v) is 2.03. The molecule has 4 nitrogen and oxygen atoms in total. The molecule has 0 saturated heterocycles. The topological polar surface area (TPSA) is 46.1 Å². The monoisotopic (exact) mass is 233 g/mol. The lowest BCUT2D eigenvalue weighted by Gasteiger charge is -2.13. The van der Waals surface area contributed by atoms with Crippen LogP contribution in [-0.2, 0) is 0 Å². The van der Waals surface area contributed by atoms with Crippen LogP contribution in [0.3, 0.4) is 0 Å². The summed E-state index contributed by atoms with van der Waals surface area (Å²) in [6.45, 7) is 1.91. The molecule has 0 N–H and O–H groups in total. The Hall–Kier alpha value is -1.75. The van der Waals surface area contributed by atoms with Crippen molar-refractivity contribution in [3.63, 3.8) is 0 Å². The molecule has 2 heterocycles. The van der Waals surface area contributed by atoms with Crippen molar-refractivity contribution >= 4 is 22.4 Å². The lowest BCUT2D eigenvalue weighted by molar-refractivity contribution is 0.0992. The van der Waals surface area contributed by atoms with E-state index in [1.165, 1.54) is 16.2 Å². The Morgan fingerprint density at radius 1 is 1.50 bits per heavy atom. The van der Waals surface area contributed by atoms with Crippen molar-refractivity contribution in [3.05, 3.63) is 41.2 Å². The number of aromatic nitrogens is 2. The van der Waals surface area contributed by atoms with E-state index >= 15 is 0 Å². The third-order valence-electron chi connectivity index (χ3n) is 2.11. The zero-order valence-electron chi connectivity index (χ0n) is 9.04. The molecular formula is C11H11N3OS. The number of carbonyl (C=O) groups is 1. The zero-order chi connectivity index (χ0) is 11.5. The second-order valence-electron chi connectivity index (χ2n) is 3.38. The van der Waals surface area contributed by atoms with Crippen molar-refractivity contribution in [3.8, 4) is 0 Å². The van der Waals surface area contributed by atoms with E-state index in [1.807, 2.05) is 12.3 Å². The predicted octanol–water partition coefficient (Wildman–Crippen LogP) is 2.12. The second kappa shape index (κ2) is 4.40. The molecule has 0 spiro atoms. The molecule has 0 aliphatic carbocycles. The molecule has 0 aliphatic rings. The number of amides is 1. The zero-order valence-corrected chi connectivity index (χ0v) is 9.86. The highest BCUT2D eigenvalue weighted by Crippen LogP contribution is 2.20. The minimum Gasteiger partial charge on any atom is -0.287 e. The summed E-state index contributed by atoms with van der Waals surface area (Å²) in [5.74, 6) is -0.0950. The smallest absolute Gasteiger partial charge is 0.261 e. The molecule has 0 aliphatic heterocycles. The Balaban J connectivity index is 2.23. The molecule has 16 heavy (non-hydrogen) atoms. The van der Waals surface area contributed by atoms with Crippen LogP contribution in [0.25, 0.3) is 0 Å². The molecule has 0 aromatic carbocycles. The van der Waals surface area contributed by atoms with E-state index in [2.05, 4.69) is 9.97 Å². The Morgan fingerprint density at radius 3 is 2.88 bits per heavy atom. The standard InChI is InChI=1S/C11H11N3OS/c1-8-7-16-11(13-8)14(2)10(15)9-4-3-5-12-6-9/h3-7H,1-2H3. The largest absolute Gasteiger partial charge is 0.287 e. The molecule has 82 valence electrons. The second-order valence-corrected chi connectivity index (χ2v) is 4.21. The molecule has 1 amide bonds. The lowest BCUT2D eigenvalue weighted by Crippen LogP contribution is -2.26. The molecule has 5 heteroatoms. The Bertz CT molecular complexity index is 495. The lowest BCUT2D eigenvalue weighted by atomic mass is 10.2. The summed E-state index contributed by atoms with van der Waals surface area (Å²) in [6.07, 6.45) is 3.20. The van der Waals surface area contributed by atoms with Gasteiger partial charge in [-0.05, 0) is 19.1 Å². The summed E-state index contributed by atoms with van der Waals surface area (Å²) in [7, 11) is 1.72. The van der Waals surface area contributed by atoms with E-state index in [1.54, 1.807) is 31.6 Å².